The van der Waals surface area contributed by atoms with Crippen LogP contribution in [0.25, 0.3) is 11.0 Å². The van der Waals surface area contributed by atoms with E-state index in [0.29, 0.717) is 17.9 Å². The van der Waals surface area contributed by atoms with Gasteiger partial charge in [0.1, 0.15) is 17.0 Å². The molecule has 0 spiro atoms. The molecule has 11 nitrogen and oxygen atoms in total. The lowest BCUT2D eigenvalue weighted by molar-refractivity contribution is -0.120. The molecule has 1 aliphatic carbocycles. The molecule has 1 aromatic carbocycles. The Balaban J connectivity index is 1.21. The number of H-pyrrole nitrogens is 1. The Morgan fingerprint density at radius 2 is 1.97 bits per heavy atom. The Labute approximate surface area is 210 Å². The summed E-state index contributed by atoms with van der Waals surface area (Å²) in [4.78, 5) is 23.8. The Morgan fingerprint density at radius 3 is 2.81 bits per heavy atom. The number of para-hydroxylation sites is 1. The molecule has 3 N–H and O–H groups in total. The number of amides is 1. The lowest BCUT2D eigenvalue weighted by Crippen LogP contribution is -2.49. The lowest BCUT2D eigenvalue weighted by Gasteiger charge is -2.34. The van der Waals surface area contributed by atoms with Crippen LogP contribution in [0.4, 0.5) is 11.5 Å². The summed E-state index contributed by atoms with van der Waals surface area (Å²) in [6.07, 6.45) is 8.86. The Morgan fingerprint density at radius 1 is 1.17 bits per heavy atom. The first-order valence-corrected chi connectivity index (χ1v) is 13.9. The van der Waals surface area contributed by atoms with Crippen LogP contribution in [0.1, 0.15) is 38.5 Å². The maximum atomic E-state index is 13.3. The number of carbonyl (C=O) groups is 1. The van der Waals surface area contributed by atoms with Crippen molar-refractivity contribution in [1.29, 1.82) is 0 Å². The van der Waals surface area contributed by atoms with E-state index in [1.807, 2.05) is 0 Å². The van der Waals surface area contributed by atoms with E-state index < -0.39 is 10.0 Å². The van der Waals surface area contributed by atoms with Gasteiger partial charge >= 0.3 is 0 Å². The van der Waals surface area contributed by atoms with Crippen molar-refractivity contribution in [2.45, 2.75) is 55.5 Å². The van der Waals surface area contributed by atoms with E-state index in [4.69, 9.17) is 0 Å². The van der Waals surface area contributed by atoms with Gasteiger partial charge in [0.05, 0.1) is 23.8 Å². The number of nitrogens with zero attached hydrogens (tertiary/aromatic N) is 5. The number of hydrogen-bond donors (Lipinski definition) is 3. The number of rotatable bonds is 8. The van der Waals surface area contributed by atoms with Gasteiger partial charge in [-0.1, -0.05) is 25.0 Å². The third-order valence-electron chi connectivity index (χ3n) is 7.14. The van der Waals surface area contributed by atoms with Crippen LogP contribution in [0.2, 0.25) is 0 Å². The van der Waals surface area contributed by atoms with Gasteiger partial charge < -0.3 is 15.5 Å². The molecule has 3 aromatic rings. The smallest absolute Gasteiger partial charge is 0.245 e. The first-order valence-electron chi connectivity index (χ1n) is 12.4. The van der Waals surface area contributed by atoms with Gasteiger partial charge in [-0.25, -0.2) is 18.4 Å². The monoisotopic (exact) mass is 512 g/mol. The third-order valence-corrected chi connectivity index (χ3v) is 9.10. The van der Waals surface area contributed by atoms with Crippen molar-refractivity contribution >= 4 is 38.5 Å². The van der Waals surface area contributed by atoms with Crippen LogP contribution in [-0.4, -0.2) is 77.6 Å². The van der Waals surface area contributed by atoms with E-state index in [9.17, 15) is 13.2 Å². The first-order chi connectivity index (χ1) is 17.4. The second-order valence-electron chi connectivity index (χ2n) is 9.49. The Kier molecular flexibility index (Phi) is 7.06. The summed E-state index contributed by atoms with van der Waals surface area (Å²) in [6.45, 7) is 1.44. The van der Waals surface area contributed by atoms with Crippen molar-refractivity contribution in [3.05, 3.63) is 36.8 Å². The number of anilines is 2. The van der Waals surface area contributed by atoms with Crippen LogP contribution in [0.15, 0.2) is 41.7 Å². The predicted molar refractivity (Wildman–Crippen MR) is 137 cm³/mol. The summed E-state index contributed by atoms with van der Waals surface area (Å²) in [5.74, 6) is 0.616. The average molecular weight is 513 g/mol. The van der Waals surface area contributed by atoms with E-state index in [1.165, 1.54) is 10.6 Å². The Bertz CT molecular complexity index is 1320. The maximum Gasteiger partial charge on any atom is 0.245 e. The molecule has 1 saturated heterocycles. The molecular weight excluding hydrogens is 480 g/mol. The molecule has 0 unspecified atom stereocenters. The summed E-state index contributed by atoms with van der Waals surface area (Å²) in [5, 5.41) is 13.9. The zero-order chi connectivity index (χ0) is 25.1. The van der Waals surface area contributed by atoms with E-state index in [2.05, 4.69) is 35.7 Å². The summed E-state index contributed by atoms with van der Waals surface area (Å²) in [5.41, 5.74) is 1.12. The van der Waals surface area contributed by atoms with Gasteiger partial charge in [-0.15, -0.1) is 0 Å². The highest BCUT2D eigenvalue weighted by atomic mass is 32.2. The van der Waals surface area contributed by atoms with Gasteiger partial charge in [-0.2, -0.15) is 9.40 Å². The molecule has 1 aliphatic heterocycles. The molecule has 0 bridgehead atoms. The summed E-state index contributed by atoms with van der Waals surface area (Å²) >= 11 is 0. The minimum atomic E-state index is -3.67. The van der Waals surface area contributed by atoms with Crippen LogP contribution in [0.5, 0.6) is 0 Å². The second-order valence-corrected chi connectivity index (χ2v) is 11.5. The molecular formula is C24H32N8O3S. The number of benzene rings is 1. The number of aromatic amines is 1. The summed E-state index contributed by atoms with van der Waals surface area (Å²) < 4.78 is 28.1. The van der Waals surface area contributed by atoms with Crippen molar-refractivity contribution < 1.29 is 13.2 Å². The fourth-order valence-electron chi connectivity index (χ4n) is 5.20. The second kappa shape index (κ2) is 10.4. The molecule has 192 valence electrons. The lowest BCUT2D eigenvalue weighted by atomic mass is 10.1. The number of nitrogens with one attached hydrogen (secondary N) is 3. The number of hydrogen-bond acceptors (Lipinski definition) is 8. The van der Waals surface area contributed by atoms with Gasteiger partial charge in [0.2, 0.25) is 15.9 Å². The molecule has 5 rings (SSSR count). The molecule has 12 heteroatoms. The van der Waals surface area contributed by atoms with E-state index >= 15 is 0 Å². The zero-order valence-electron chi connectivity index (χ0n) is 20.4. The molecule has 3 heterocycles. The molecule has 0 radical (unpaired) electrons. The standard InChI is InChI=1S/C24H32N8O3S/c1-31(18-8-2-3-9-18)36(34,35)21-11-5-4-10-20(21)25-14-22(33)29-17-7-6-12-32(15-17)24-19-13-28-30-23(19)26-16-27-24/h4-5,10-11,13,16-18,25H,2-3,6-9,12,14-15H2,1H3,(H,29,33)(H,26,27,28,30)/t17-/m1/s1. The minimum Gasteiger partial charge on any atom is -0.375 e. The quantitative estimate of drug-likeness (QED) is 0.418. The van der Waals surface area contributed by atoms with Gasteiger partial charge in [0.25, 0.3) is 0 Å². The first kappa shape index (κ1) is 24.4. The van der Waals surface area contributed by atoms with Crippen molar-refractivity contribution in [3.8, 4) is 0 Å². The SMILES string of the molecule is CN(C1CCCC1)S(=O)(=O)c1ccccc1NCC(=O)N[C@@H]1CCCN(c2ncnc3[nH]ncc23)C1. The van der Waals surface area contributed by atoms with Crippen LogP contribution in [0, 0.1) is 0 Å². The normalized spacial score (nSPS) is 19.2. The van der Waals surface area contributed by atoms with Crippen molar-refractivity contribution in [2.75, 3.05) is 36.9 Å². The van der Waals surface area contributed by atoms with E-state index in [0.717, 1.165) is 56.3 Å². The number of fused-ring (bicyclic) bond motifs is 1. The van der Waals surface area contributed by atoms with E-state index in [-0.39, 0.29) is 29.4 Å². The number of sulfonamides is 1. The average Bonchev–Trinajstić information content (AvgIpc) is 3.59. The molecule has 2 aliphatic rings. The summed E-state index contributed by atoms with van der Waals surface area (Å²) in [6, 6.07) is 6.76. The molecule has 36 heavy (non-hydrogen) atoms. The van der Waals surface area contributed by atoms with Crippen LogP contribution in [-0.2, 0) is 14.8 Å². The highest BCUT2D eigenvalue weighted by Gasteiger charge is 2.31. The van der Waals surface area contributed by atoms with Crippen LogP contribution in [0.3, 0.4) is 0 Å². The summed E-state index contributed by atoms with van der Waals surface area (Å²) in [7, 11) is -2.02. The Hall–Kier alpha value is -3.25. The van der Waals surface area contributed by atoms with Gasteiger partial charge in [0.15, 0.2) is 5.65 Å². The van der Waals surface area contributed by atoms with Gasteiger partial charge in [0, 0.05) is 32.2 Å². The number of piperidine rings is 1. The number of carbonyl (C=O) groups excluding carboxylic acids is 1. The van der Waals surface area contributed by atoms with Crippen molar-refractivity contribution in [3.63, 3.8) is 0 Å². The van der Waals surface area contributed by atoms with Crippen LogP contribution < -0.4 is 15.5 Å². The molecule has 2 aromatic heterocycles. The van der Waals surface area contributed by atoms with Crippen LogP contribution >= 0.6 is 0 Å². The fraction of sp³-hybridized carbons (Fsp3) is 0.500. The van der Waals surface area contributed by atoms with Gasteiger partial charge in [-0.3, -0.25) is 9.89 Å². The molecule has 2 fully saturated rings. The molecule has 1 saturated carbocycles. The fourth-order valence-corrected chi connectivity index (χ4v) is 6.78. The van der Waals surface area contributed by atoms with E-state index in [1.54, 1.807) is 37.5 Å². The maximum absolute atomic E-state index is 13.3. The molecule has 1 atom stereocenters. The highest BCUT2D eigenvalue weighted by molar-refractivity contribution is 7.89. The van der Waals surface area contributed by atoms with Crippen molar-refractivity contribution in [2.24, 2.45) is 0 Å². The predicted octanol–water partition coefficient (Wildman–Crippen LogP) is 2.11. The third kappa shape index (κ3) is 5.00. The molecule has 1 amide bonds. The van der Waals surface area contributed by atoms with Crippen molar-refractivity contribution in [1.82, 2.24) is 29.8 Å². The topological polar surface area (TPSA) is 136 Å². The minimum absolute atomic E-state index is 0.0182. The highest BCUT2D eigenvalue weighted by Crippen LogP contribution is 2.30. The van der Waals surface area contributed by atoms with Gasteiger partial charge in [-0.05, 0) is 37.8 Å². The number of aromatic nitrogens is 4. The zero-order valence-corrected chi connectivity index (χ0v) is 21.2. The largest absolute Gasteiger partial charge is 0.375 e.